The van der Waals surface area contributed by atoms with E-state index in [4.69, 9.17) is 23.8 Å². The fraction of sp³-hybridized carbons (Fsp3) is 0.412. The van der Waals surface area contributed by atoms with Gasteiger partial charge in [0.1, 0.15) is 0 Å². The molecule has 128 valence electrons. The molecule has 3 rings (SSSR count). The summed E-state index contributed by atoms with van der Waals surface area (Å²) in [5, 5.41) is 4.25. The summed E-state index contributed by atoms with van der Waals surface area (Å²) in [5.74, 6) is 0. The summed E-state index contributed by atoms with van der Waals surface area (Å²) in [6.45, 7) is 1.94. The van der Waals surface area contributed by atoms with E-state index < -0.39 is 0 Å². The summed E-state index contributed by atoms with van der Waals surface area (Å²) in [4.78, 5) is 10.2. The van der Waals surface area contributed by atoms with Crippen LogP contribution in [0.4, 0.5) is 0 Å². The number of hydrogen-bond donors (Lipinski definition) is 1. The molecule has 1 saturated heterocycles. The summed E-state index contributed by atoms with van der Waals surface area (Å²) in [5.41, 5.74) is 1.00. The first-order valence-corrected chi connectivity index (χ1v) is 9.54. The average molecular weight is 381 g/mol. The van der Waals surface area contributed by atoms with E-state index in [1.165, 1.54) is 4.88 Å². The maximum atomic E-state index is 6.19. The molecule has 24 heavy (non-hydrogen) atoms. The Hall–Kier alpha value is -1.21. The second-order valence-corrected chi connectivity index (χ2v) is 8.25. The minimum absolute atomic E-state index is 0.0489. The van der Waals surface area contributed by atoms with Gasteiger partial charge in [0.15, 0.2) is 5.11 Å². The molecule has 2 atom stereocenters. The van der Waals surface area contributed by atoms with E-state index in [0.717, 1.165) is 34.7 Å². The molecule has 3 heterocycles. The van der Waals surface area contributed by atoms with Gasteiger partial charge in [-0.25, -0.2) is 0 Å². The molecule has 2 aromatic rings. The van der Waals surface area contributed by atoms with Crippen molar-refractivity contribution >= 4 is 40.3 Å². The van der Waals surface area contributed by atoms with Gasteiger partial charge in [0.2, 0.25) is 0 Å². The average Bonchev–Trinajstić information content (AvgIpc) is 3.12. The first kappa shape index (κ1) is 17.6. The van der Waals surface area contributed by atoms with Crippen molar-refractivity contribution in [2.45, 2.75) is 18.5 Å². The van der Waals surface area contributed by atoms with Crippen molar-refractivity contribution in [2.24, 2.45) is 0 Å². The van der Waals surface area contributed by atoms with E-state index in [-0.39, 0.29) is 12.1 Å². The lowest BCUT2D eigenvalue weighted by Gasteiger charge is -2.27. The largest absolute Gasteiger partial charge is 0.352 e. The fourth-order valence-electron chi connectivity index (χ4n) is 3.00. The monoisotopic (exact) mass is 380 g/mol. The fourth-order valence-corrected chi connectivity index (χ4v) is 4.54. The third kappa shape index (κ3) is 3.88. The van der Waals surface area contributed by atoms with Crippen molar-refractivity contribution in [3.63, 3.8) is 0 Å². The first-order chi connectivity index (χ1) is 11.6. The first-order valence-electron chi connectivity index (χ1n) is 7.94. The van der Waals surface area contributed by atoms with E-state index in [0.29, 0.717) is 0 Å². The van der Waals surface area contributed by atoms with Crippen LogP contribution < -0.4 is 5.32 Å². The molecule has 0 radical (unpaired) electrons. The van der Waals surface area contributed by atoms with Crippen LogP contribution in [-0.4, -0.2) is 47.1 Å². The van der Waals surface area contributed by atoms with Crippen molar-refractivity contribution in [3.8, 4) is 0 Å². The Labute approximate surface area is 157 Å². The lowest BCUT2D eigenvalue weighted by molar-refractivity contribution is 0.296. The van der Waals surface area contributed by atoms with Crippen LogP contribution >= 0.6 is 35.2 Å². The van der Waals surface area contributed by atoms with Gasteiger partial charge in [-0.15, -0.1) is 11.3 Å². The number of pyridine rings is 1. The second-order valence-electron chi connectivity index (χ2n) is 6.12. The summed E-state index contributed by atoms with van der Waals surface area (Å²) in [7, 11) is 4.18. The minimum Gasteiger partial charge on any atom is -0.352 e. The molecule has 2 aromatic heterocycles. The number of halogens is 1. The van der Waals surface area contributed by atoms with Crippen molar-refractivity contribution < 1.29 is 0 Å². The molecule has 7 heteroatoms. The van der Waals surface area contributed by atoms with Crippen LogP contribution in [0.2, 0.25) is 4.34 Å². The van der Waals surface area contributed by atoms with E-state index in [1.54, 1.807) is 11.3 Å². The molecule has 0 amide bonds. The Kier molecular flexibility index (Phi) is 5.71. The van der Waals surface area contributed by atoms with Crippen LogP contribution in [0.3, 0.4) is 0 Å². The summed E-state index contributed by atoms with van der Waals surface area (Å²) in [6.07, 6.45) is 2.88. The van der Waals surface area contributed by atoms with Crippen LogP contribution in [-0.2, 0) is 0 Å². The number of aromatic nitrogens is 1. The lowest BCUT2D eigenvalue weighted by Crippen LogP contribution is -2.32. The molecule has 0 aromatic carbocycles. The highest BCUT2D eigenvalue weighted by molar-refractivity contribution is 7.80. The van der Waals surface area contributed by atoms with Gasteiger partial charge in [0, 0.05) is 17.6 Å². The molecule has 0 spiro atoms. The van der Waals surface area contributed by atoms with Gasteiger partial charge < -0.3 is 15.1 Å². The summed E-state index contributed by atoms with van der Waals surface area (Å²) in [6, 6.07) is 10.2. The van der Waals surface area contributed by atoms with Crippen molar-refractivity contribution in [2.75, 3.05) is 27.2 Å². The molecule has 1 N–H and O–H groups in total. The second kappa shape index (κ2) is 7.78. The summed E-state index contributed by atoms with van der Waals surface area (Å²) < 4.78 is 0.802. The maximum Gasteiger partial charge on any atom is 0.170 e. The topological polar surface area (TPSA) is 31.4 Å². The lowest BCUT2D eigenvalue weighted by atomic mass is 10.0. The minimum atomic E-state index is 0.0489. The maximum absolute atomic E-state index is 6.19. The Morgan fingerprint density at radius 2 is 2.17 bits per heavy atom. The van der Waals surface area contributed by atoms with Gasteiger partial charge >= 0.3 is 0 Å². The van der Waals surface area contributed by atoms with Crippen molar-refractivity contribution in [3.05, 3.63) is 51.4 Å². The molecule has 1 aliphatic heterocycles. The van der Waals surface area contributed by atoms with Crippen LogP contribution in [0, 0.1) is 0 Å². The Bertz CT molecular complexity index is 689. The van der Waals surface area contributed by atoms with E-state index >= 15 is 0 Å². The molecular weight excluding hydrogens is 360 g/mol. The quantitative estimate of drug-likeness (QED) is 0.772. The summed E-state index contributed by atoms with van der Waals surface area (Å²) >= 11 is 13.4. The SMILES string of the molecule is CN(C)CCCN1C(=S)N[C@H](c2ccccn2)[C@H]1c1ccc(Cl)s1. The zero-order valence-electron chi connectivity index (χ0n) is 13.8. The Morgan fingerprint density at radius 1 is 1.33 bits per heavy atom. The highest BCUT2D eigenvalue weighted by Gasteiger charge is 2.40. The number of hydrogen-bond acceptors (Lipinski definition) is 4. The van der Waals surface area contributed by atoms with Gasteiger partial charge in [-0.05, 0) is 63.5 Å². The van der Waals surface area contributed by atoms with Crippen LogP contribution in [0.5, 0.6) is 0 Å². The van der Waals surface area contributed by atoms with E-state index in [2.05, 4.69) is 40.3 Å². The molecule has 1 aliphatic rings. The van der Waals surface area contributed by atoms with Crippen molar-refractivity contribution in [1.29, 1.82) is 0 Å². The van der Waals surface area contributed by atoms with Crippen LogP contribution in [0.15, 0.2) is 36.5 Å². The molecule has 0 aliphatic carbocycles. The number of nitrogens with one attached hydrogen (secondary N) is 1. The number of nitrogens with zero attached hydrogens (tertiary/aromatic N) is 3. The highest BCUT2D eigenvalue weighted by atomic mass is 35.5. The number of thiocarbonyl (C=S) groups is 1. The van der Waals surface area contributed by atoms with Gasteiger partial charge in [-0.1, -0.05) is 17.7 Å². The van der Waals surface area contributed by atoms with E-state index in [9.17, 15) is 0 Å². The van der Waals surface area contributed by atoms with E-state index in [1.807, 2.05) is 30.5 Å². The van der Waals surface area contributed by atoms with Gasteiger partial charge in [-0.3, -0.25) is 4.98 Å². The van der Waals surface area contributed by atoms with Crippen LogP contribution in [0.25, 0.3) is 0 Å². The third-order valence-electron chi connectivity index (χ3n) is 4.09. The molecule has 0 unspecified atom stereocenters. The zero-order valence-corrected chi connectivity index (χ0v) is 16.2. The predicted octanol–water partition coefficient (Wildman–Crippen LogP) is 3.72. The highest BCUT2D eigenvalue weighted by Crippen LogP contribution is 2.42. The molecule has 0 bridgehead atoms. The normalized spacial score (nSPS) is 20.7. The Morgan fingerprint density at radius 3 is 2.79 bits per heavy atom. The Balaban J connectivity index is 1.88. The molecule has 4 nitrogen and oxygen atoms in total. The van der Waals surface area contributed by atoms with Crippen molar-refractivity contribution in [1.82, 2.24) is 20.1 Å². The van der Waals surface area contributed by atoms with Gasteiger partial charge in [-0.2, -0.15) is 0 Å². The number of rotatable bonds is 6. The predicted molar refractivity (Wildman–Crippen MR) is 105 cm³/mol. The molecule has 0 saturated carbocycles. The van der Waals surface area contributed by atoms with Crippen LogP contribution in [0.1, 0.15) is 29.1 Å². The zero-order chi connectivity index (χ0) is 17.1. The number of thiophene rings is 1. The third-order valence-corrected chi connectivity index (χ3v) is 5.74. The van der Waals surface area contributed by atoms with Gasteiger partial charge in [0.05, 0.1) is 22.1 Å². The smallest absolute Gasteiger partial charge is 0.170 e. The molecular formula is C17H21ClN4S2. The van der Waals surface area contributed by atoms with Gasteiger partial charge in [0.25, 0.3) is 0 Å². The molecule has 1 fully saturated rings. The standard InChI is InChI=1S/C17H21ClN4S2/c1-21(2)10-5-11-22-16(13-7-8-14(18)24-13)15(20-17(22)23)12-6-3-4-9-19-12/h3-4,6-9,15-16H,5,10-11H2,1-2H3,(H,20,23)/t15-,16-/m1/s1.